The molecule has 0 saturated carbocycles. The van der Waals surface area contributed by atoms with E-state index in [-0.39, 0.29) is 82.0 Å². The van der Waals surface area contributed by atoms with E-state index in [0.717, 1.165) is 19.8 Å². The van der Waals surface area contributed by atoms with Gasteiger partial charge in [0, 0.05) is 6.92 Å². The Morgan fingerprint density at radius 3 is 1.54 bits per heavy atom. The fourth-order valence-corrected chi connectivity index (χ4v) is 1.85. The number of carboxylic acids is 2. The topological polar surface area (TPSA) is 185 Å². The van der Waals surface area contributed by atoms with E-state index in [0.29, 0.717) is 26.1 Å². The van der Waals surface area contributed by atoms with Crippen LogP contribution in [0.5, 0.6) is 0 Å². The van der Waals surface area contributed by atoms with Crippen LogP contribution in [-0.2, 0) is 33.4 Å². The molecule has 0 amide bonds. The van der Waals surface area contributed by atoms with Crippen molar-refractivity contribution in [2.24, 2.45) is 5.73 Å². The molecule has 0 aromatic carbocycles. The molecule has 0 fully saturated rings. The Balaban J connectivity index is -0.0000000690. The molecule has 11 nitrogen and oxygen atoms in total. The predicted molar refractivity (Wildman–Crippen MR) is 142 cm³/mol. The molecule has 0 aromatic rings. The van der Waals surface area contributed by atoms with Crippen molar-refractivity contribution < 1.29 is 73.2 Å². The maximum atomic E-state index is 11.4. The van der Waals surface area contributed by atoms with Gasteiger partial charge >= 0.3 is 47.5 Å². The summed E-state index contributed by atoms with van der Waals surface area (Å²) in [5, 5.41) is 20.7. The largest absolute Gasteiger partial charge is 1.00 e. The van der Waals surface area contributed by atoms with E-state index in [2.05, 4.69) is 5.32 Å². The number of carbonyl (C=O) groups is 5. The monoisotopic (exact) mass is 574 g/mol. The first kappa shape index (κ1) is 51.2. The second kappa shape index (κ2) is 33.5. The Bertz CT molecular complexity index is 562. The molecule has 0 heterocycles. The van der Waals surface area contributed by atoms with E-state index >= 15 is 0 Å². The fraction of sp³-hybridized carbons (Fsp3) is 0.750. The fourth-order valence-electron chi connectivity index (χ4n) is 1.85. The van der Waals surface area contributed by atoms with Crippen LogP contribution in [0.15, 0.2) is 0 Å². The molecule has 0 aliphatic heterocycles. The minimum Gasteiger partial charge on any atom is -0.542 e. The van der Waals surface area contributed by atoms with Crippen molar-refractivity contribution in [1.29, 1.82) is 0 Å². The van der Waals surface area contributed by atoms with Crippen LogP contribution in [0.4, 0.5) is 0 Å². The third-order valence-corrected chi connectivity index (χ3v) is 3.45. The van der Waals surface area contributed by atoms with E-state index in [1.165, 1.54) is 6.92 Å². The van der Waals surface area contributed by atoms with Crippen molar-refractivity contribution in [3.8, 4) is 0 Å². The Kier molecular flexibility index (Phi) is 49.0. The van der Waals surface area contributed by atoms with Crippen LogP contribution in [0.1, 0.15) is 67.2 Å². The summed E-state index contributed by atoms with van der Waals surface area (Å²) in [5.41, 5.74) is 5.44. The molecule has 15 heteroatoms. The molecule has 35 heavy (non-hydrogen) atoms. The smallest absolute Gasteiger partial charge is 0.542 e. The van der Waals surface area contributed by atoms with Gasteiger partial charge in [-0.25, -0.2) is 0 Å². The predicted octanol–water partition coefficient (Wildman–Crippen LogP) is -2.87. The number of hydrogen-bond acceptors (Lipinski definition) is 10. The molecule has 0 bridgehead atoms. The standard InChI is InChI=1S/C10H19NO4.C7H15NO2.C3H4O3.Na.3H2S/c1-4-6-8(10(14)15-5-2)11-7(3)9(12)13;1-3-5-6(8)7(9)10-4-2;1-2(4)3(5)6;;;;/h7-8,11H,4-6H2,1-3H3,(H,12,13);6H,3-5,8H2,1-2H3;1H3,(H,5,6);;3*1H2/q;;;+1;;;/p-1. The summed E-state index contributed by atoms with van der Waals surface area (Å²) < 4.78 is 9.54. The number of aliphatic carboxylic acids is 2. The van der Waals surface area contributed by atoms with Gasteiger partial charge in [-0.3, -0.25) is 24.5 Å². The number of hydrogen-bond donors (Lipinski definition) is 3. The Morgan fingerprint density at radius 1 is 0.886 bits per heavy atom. The number of Topliss-reactive ketones (excluding diaryl/α,β-unsaturated/α-hetero) is 1. The number of rotatable bonds is 12. The van der Waals surface area contributed by atoms with Gasteiger partial charge in [-0.2, -0.15) is 40.5 Å². The average molecular weight is 575 g/mol. The van der Waals surface area contributed by atoms with E-state index in [4.69, 9.17) is 20.3 Å². The molecular weight excluding hydrogens is 531 g/mol. The normalized spacial score (nSPS) is 11.1. The zero-order valence-electron chi connectivity index (χ0n) is 21.8. The zero-order chi connectivity index (χ0) is 25.0. The Labute approximate surface area is 251 Å². The summed E-state index contributed by atoms with van der Waals surface area (Å²) in [7, 11) is 0. The van der Waals surface area contributed by atoms with Gasteiger partial charge in [0.05, 0.1) is 13.2 Å². The van der Waals surface area contributed by atoms with E-state index < -0.39 is 35.8 Å². The summed E-state index contributed by atoms with van der Waals surface area (Å²) in [6.45, 7) is 10.6. The summed E-state index contributed by atoms with van der Waals surface area (Å²) >= 11 is 0. The third kappa shape index (κ3) is 33.5. The van der Waals surface area contributed by atoms with Crippen molar-refractivity contribution in [2.45, 2.75) is 85.4 Å². The SMILES string of the molecule is CC(=O)C(=O)[O-].CCCC(N)C(=O)OCC.CCCC(NC(C)C(=O)O)C(=O)OCC.S.S.S.[Na+]. The van der Waals surface area contributed by atoms with E-state index in [9.17, 15) is 29.1 Å². The van der Waals surface area contributed by atoms with Crippen molar-refractivity contribution in [2.75, 3.05) is 13.2 Å². The second-order valence-corrected chi connectivity index (χ2v) is 6.31. The third-order valence-electron chi connectivity index (χ3n) is 3.45. The van der Waals surface area contributed by atoms with Gasteiger partial charge in [-0.15, -0.1) is 0 Å². The van der Waals surface area contributed by atoms with Crippen LogP contribution >= 0.6 is 40.5 Å². The molecule has 0 radical (unpaired) electrons. The summed E-state index contributed by atoms with van der Waals surface area (Å²) in [4.78, 5) is 51.5. The number of esters is 2. The van der Waals surface area contributed by atoms with Crippen LogP contribution < -0.4 is 45.7 Å². The molecule has 0 aliphatic carbocycles. The molecule has 4 N–H and O–H groups in total. The molecule has 0 spiro atoms. The van der Waals surface area contributed by atoms with Gasteiger partial charge in [0.1, 0.15) is 24.1 Å². The van der Waals surface area contributed by atoms with Crippen LogP contribution in [0, 0.1) is 0 Å². The molecule has 0 aliphatic rings. The molecule has 0 rings (SSSR count). The average Bonchev–Trinajstić information content (AvgIpc) is 2.68. The van der Waals surface area contributed by atoms with Crippen LogP contribution in [0.25, 0.3) is 0 Å². The second-order valence-electron chi connectivity index (χ2n) is 6.31. The minimum absolute atomic E-state index is 0. The van der Waals surface area contributed by atoms with Crippen LogP contribution in [-0.4, -0.2) is 66.1 Å². The quantitative estimate of drug-likeness (QED) is 0.124. The number of ether oxygens (including phenoxy) is 2. The van der Waals surface area contributed by atoms with Crippen molar-refractivity contribution in [3.05, 3.63) is 0 Å². The number of nitrogens with one attached hydrogen (secondary N) is 1. The number of carboxylic acid groups (broad SMARTS) is 2. The van der Waals surface area contributed by atoms with Gasteiger partial charge < -0.3 is 30.2 Å². The first-order valence-electron chi connectivity index (χ1n) is 10.2. The number of nitrogens with two attached hydrogens (primary N) is 1. The Morgan fingerprint density at radius 2 is 1.26 bits per heavy atom. The van der Waals surface area contributed by atoms with Crippen LogP contribution in [0.2, 0.25) is 0 Å². The maximum Gasteiger partial charge on any atom is 1.00 e. The van der Waals surface area contributed by atoms with Crippen molar-refractivity contribution >= 4 is 70.1 Å². The van der Waals surface area contributed by atoms with Gasteiger partial charge in [-0.1, -0.05) is 26.7 Å². The van der Waals surface area contributed by atoms with Crippen molar-refractivity contribution in [1.82, 2.24) is 5.32 Å². The Hall–Kier alpha value is -0.480. The minimum atomic E-state index is -1.63. The van der Waals surface area contributed by atoms with Crippen molar-refractivity contribution in [3.63, 3.8) is 0 Å². The first-order valence-corrected chi connectivity index (χ1v) is 10.2. The number of carbonyl (C=O) groups excluding carboxylic acids is 4. The molecule has 206 valence electrons. The van der Waals surface area contributed by atoms with E-state index in [1.54, 1.807) is 13.8 Å². The van der Waals surface area contributed by atoms with Gasteiger partial charge in [0.2, 0.25) is 0 Å². The summed E-state index contributed by atoms with van der Waals surface area (Å²) in [6, 6.07) is -1.70. The molecule has 3 atom stereocenters. The first-order chi connectivity index (χ1) is 14.4. The summed E-state index contributed by atoms with van der Waals surface area (Å²) in [6.07, 6.45) is 3.00. The summed E-state index contributed by atoms with van der Waals surface area (Å²) in [5.74, 6) is -4.21. The maximum absolute atomic E-state index is 11.4. The molecular formula is C20H43N2NaO9S3. The van der Waals surface area contributed by atoms with Gasteiger partial charge in [0.25, 0.3) is 0 Å². The molecule has 0 saturated heterocycles. The number of ketones is 1. The molecule has 3 unspecified atom stereocenters. The van der Waals surface area contributed by atoms with Crippen LogP contribution in [0.3, 0.4) is 0 Å². The molecule has 0 aromatic heterocycles. The van der Waals surface area contributed by atoms with Gasteiger partial charge in [0.15, 0.2) is 5.78 Å². The van der Waals surface area contributed by atoms with E-state index in [1.807, 2.05) is 13.8 Å². The zero-order valence-corrected chi connectivity index (χ0v) is 26.8. The van der Waals surface area contributed by atoms with Gasteiger partial charge in [-0.05, 0) is 33.6 Å².